The van der Waals surface area contributed by atoms with E-state index in [0.717, 1.165) is 21.9 Å². The highest BCUT2D eigenvalue weighted by molar-refractivity contribution is 7.92. The van der Waals surface area contributed by atoms with Gasteiger partial charge in [-0.05, 0) is 80.3 Å². The average Bonchev–Trinajstić information content (AvgIpc) is 3.02. The van der Waals surface area contributed by atoms with Crippen LogP contribution in [0.15, 0.2) is 114 Å². The van der Waals surface area contributed by atoms with Gasteiger partial charge in [0.15, 0.2) is 0 Å². The first-order valence-corrected chi connectivity index (χ1v) is 16.4. The molecule has 4 aromatic rings. The number of halogens is 1. The van der Waals surface area contributed by atoms with Crippen LogP contribution in [0.3, 0.4) is 0 Å². The van der Waals surface area contributed by atoms with Crippen LogP contribution in [-0.4, -0.2) is 43.3 Å². The number of rotatable bonds is 12. The van der Waals surface area contributed by atoms with Crippen LogP contribution < -0.4 is 9.62 Å². The molecule has 0 radical (unpaired) electrons. The number of hydrogen-bond donors (Lipinski definition) is 1. The molecule has 0 fully saturated rings. The van der Waals surface area contributed by atoms with Crippen molar-refractivity contribution in [2.24, 2.45) is 0 Å². The van der Waals surface area contributed by atoms with Gasteiger partial charge in [-0.3, -0.25) is 13.9 Å². The topological polar surface area (TPSA) is 86.8 Å². The number of nitrogens with one attached hydrogen (secondary N) is 1. The number of aryl methyl sites for hydroxylation is 1. The molecule has 1 unspecified atom stereocenters. The van der Waals surface area contributed by atoms with E-state index in [0.29, 0.717) is 11.3 Å². The lowest BCUT2D eigenvalue weighted by molar-refractivity contribution is -0.140. The van der Waals surface area contributed by atoms with Crippen molar-refractivity contribution in [3.63, 3.8) is 0 Å². The van der Waals surface area contributed by atoms with Crippen LogP contribution in [0.5, 0.6) is 0 Å². The van der Waals surface area contributed by atoms with Gasteiger partial charge in [-0.15, -0.1) is 0 Å². The standard InChI is InChI=1S/C36H40FN3O4S/c1-5-27-18-22-31(23-19-27)40(45(43,44)32-14-10-7-11-15-32)26-34(41)39(25-29-16-20-30(37)21-17-29)33(35(42)38-36(2,3)4)24-28-12-8-6-9-13-28/h6-23,33H,5,24-26H2,1-4H3,(H,38,42). The Balaban J connectivity index is 1.81. The van der Waals surface area contributed by atoms with Crippen LogP contribution in [-0.2, 0) is 39.0 Å². The number of carbonyl (C=O) groups is 2. The van der Waals surface area contributed by atoms with Crippen molar-refractivity contribution < 1.29 is 22.4 Å². The van der Waals surface area contributed by atoms with E-state index < -0.39 is 39.9 Å². The Morgan fingerprint density at radius 3 is 1.89 bits per heavy atom. The molecular formula is C36H40FN3O4S. The lowest BCUT2D eigenvalue weighted by atomic mass is 10.0. The van der Waals surface area contributed by atoms with Gasteiger partial charge in [0.25, 0.3) is 10.0 Å². The summed E-state index contributed by atoms with van der Waals surface area (Å²) in [6.45, 7) is 6.96. The molecule has 1 atom stereocenters. The molecule has 0 saturated carbocycles. The lowest BCUT2D eigenvalue weighted by Crippen LogP contribution is -2.56. The Morgan fingerprint density at radius 1 is 0.778 bits per heavy atom. The summed E-state index contributed by atoms with van der Waals surface area (Å²) in [5.41, 5.74) is 2.16. The minimum absolute atomic E-state index is 0.0359. The molecule has 0 heterocycles. The minimum atomic E-state index is -4.18. The van der Waals surface area contributed by atoms with Crippen molar-refractivity contribution in [3.8, 4) is 0 Å². The molecule has 0 spiro atoms. The second-order valence-corrected chi connectivity index (χ2v) is 13.8. The number of anilines is 1. The fraction of sp³-hybridized carbons (Fsp3) is 0.278. The predicted octanol–water partition coefficient (Wildman–Crippen LogP) is 6.14. The molecule has 4 aromatic carbocycles. The number of amides is 2. The van der Waals surface area contributed by atoms with Crippen LogP contribution in [0, 0.1) is 5.82 Å². The molecule has 0 saturated heterocycles. The van der Waals surface area contributed by atoms with Gasteiger partial charge in [0.1, 0.15) is 18.4 Å². The predicted molar refractivity (Wildman–Crippen MR) is 176 cm³/mol. The summed E-state index contributed by atoms with van der Waals surface area (Å²) in [6.07, 6.45) is 0.951. The molecule has 2 amide bonds. The molecule has 0 aliphatic rings. The van der Waals surface area contributed by atoms with E-state index in [9.17, 15) is 22.4 Å². The number of nitrogens with zero attached hydrogens (tertiary/aromatic N) is 2. The van der Waals surface area contributed by atoms with Gasteiger partial charge in [0.2, 0.25) is 11.8 Å². The van der Waals surface area contributed by atoms with E-state index in [-0.39, 0.29) is 23.8 Å². The van der Waals surface area contributed by atoms with Gasteiger partial charge in [0, 0.05) is 18.5 Å². The van der Waals surface area contributed by atoms with Crippen molar-refractivity contribution in [2.45, 2.75) is 63.6 Å². The summed E-state index contributed by atoms with van der Waals surface area (Å²) in [5.74, 6) is -1.39. The van der Waals surface area contributed by atoms with E-state index in [2.05, 4.69) is 5.32 Å². The highest BCUT2D eigenvalue weighted by atomic mass is 32.2. The average molecular weight is 630 g/mol. The molecule has 0 aliphatic carbocycles. The van der Waals surface area contributed by atoms with Gasteiger partial charge < -0.3 is 10.2 Å². The summed E-state index contributed by atoms with van der Waals surface area (Å²) in [6, 6.07) is 29.0. The van der Waals surface area contributed by atoms with Crippen molar-refractivity contribution in [2.75, 3.05) is 10.8 Å². The first kappa shape index (κ1) is 33.4. The van der Waals surface area contributed by atoms with Gasteiger partial charge >= 0.3 is 0 Å². The van der Waals surface area contributed by atoms with Gasteiger partial charge in [0.05, 0.1) is 10.6 Å². The zero-order valence-corrected chi connectivity index (χ0v) is 26.9. The molecule has 45 heavy (non-hydrogen) atoms. The number of hydrogen-bond acceptors (Lipinski definition) is 4. The van der Waals surface area contributed by atoms with E-state index in [1.165, 1.54) is 29.2 Å². The first-order valence-electron chi connectivity index (χ1n) is 14.9. The zero-order chi connectivity index (χ0) is 32.6. The highest BCUT2D eigenvalue weighted by Crippen LogP contribution is 2.26. The molecule has 236 valence electrons. The summed E-state index contributed by atoms with van der Waals surface area (Å²) in [5, 5.41) is 3.00. The summed E-state index contributed by atoms with van der Waals surface area (Å²) in [7, 11) is -4.18. The van der Waals surface area contributed by atoms with Crippen molar-refractivity contribution in [1.82, 2.24) is 10.2 Å². The van der Waals surface area contributed by atoms with Crippen LogP contribution >= 0.6 is 0 Å². The van der Waals surface area contributed by atoms with E-state index in [1.54, 1.807) is 42.5 Å². The quantitative estimate of drug-likeness (QED) is 0.204. The molecule has 4 rings (SSSR count). The Hall–Kier alpha value is -4.50. The lowest BCUT2D eigenvalue weighted by Gasteiger charge is -2.35. The molecular weight excluding hydrogens is 589 g/mol. The zero-order valence-electron chi connectivity index (χ0n) is 26.1. The molecule has 0 bridgehead atoms. The minimum Gasteiger partial charge on any atom is -0.350 e. The first-order chi connectivity index (χ1) is 21.4. The fourth-order valence-electron chi connectivity index (χ4n) is 4.94. The SMILES string of the molecule is CCc1ccc(N(CC(=O)N(Cc2ccc(F)cc2)C(Cc2ccccc2)C(=O)NC(C)(C)C)S(=O)(=O)c2ccccc2)cc1. The van der Waals surface area contributed by atoms with Crippen molar-refractivity contribution in [1.29, 1.82) is 0 Å². The molecule has 1 N–H and O–H groups in total. The molecule has 0 aromatic heterocycles. The Kier molecular flexibility index (Phi) is 10.8. The summed E-state index contributed by atoms with van der Waals surface area (Å²) < 4.78 is 43.0. The maximum Gasteiger partial charge on any atom is 0.264 e. The molecule has 9 heteroatoms. The smallest absolute Gasteiger partial charge is 0.264 e. The maximum absolute atomic E-state index is 14.5. The second-order valence-electron chi connectivity index (χ2n) is 11.9. The molecule has 0 aliphatic heterocycles. The van der Waals surface area contributed by atoms with Crippen molar-refractivity contribution in [3.05, 3.63) is 132 Å². The third-order valence-electron chi connectivity index (χ3n) is 7.28. The summed E-state index contributed by atoms with van der Waals surface area (Å²) >= 11 is 0. The van der Waals surface area contributed by atoms with E-state index in [4.69, 9.17) is 0 Å². The van der Waals surface area contributed by atoms with E-state index in [1.807, 2.05) is 70.2 Å². The van der Waals surface area contributed by atoms with Crippen LogP contribution in [0.4, 0.5) is 10.1 Å². The van der Waals surface area contributed by atoms with Gasteiger partial charge in [-0.1, -0.05) is 79.7 Å². The number of sulfonamides is 1. The normalized spacial score (nSPS) is 12.3. The monoisotopic (exact) mass is 629 g/mol. The summed E-state index contributed by atoms with van der Waals surface area (Å²) in [4.78, 5) is 29.8. The molecule has 7 nitrogen and oxygen atoms in total. The van der Waals surface area contributed by atoms with Crippen LogP contribution in [0.1, 0.15) is 44.4 Å². The third kappa shape index (κ3) is 9.01. The van der Waals surface area contributed by atoms with Crippen LogP contribution in [0.2, 0.25) is 0 Å². The van der Waals surface area contributed by atoms with E-state index >= 15 is 0 Å². The van der Waals surface area contributed by atoms with Gasteiger partial charge in [-0.2, -0.15) is 0 Å². The Morgan fingerprint density at radius 2 is 1.33 bits per heavy atom. The van der Waals surface area contributed by atoms with Gasteiger partial charge in [-0.25, -0.2) is 12.8 Å². The maximum atomic E-state index is 14.5. The van der Waals surface area contributed by atoms with Crippen LogP contribution in [0.25, 0.3) is 0 Å². The Labute approximate surface area is 265 Å². The largest absolute Gasteiger partial charge is 0.350 e. The highest BCUT2D eigenvalue weighted by Gasteiger charge is 2.35. The second kappa shape index (κ2) is 14.5. The Bertz CT molecular complexity index is 1670. The number of carbonyl (C=O) groups excluding carboxylic acids is 2. The van der Waals surface area contributed by atoms with Crippen molar-refractivity contribution >= 4 is 27.5 Å². The fourth-order valence-corrected chi connectivity index (χ4v) is 6.37. The number of benzene rings is 4. The third-order valence-corrected chi connectivity index (χ3v) is 9.07.